The highest BCUT2D eigenvalue weighted by molar-refractivity contribution is 5.81. The summed E-state index contributed by atoms with van der Waals surface area (Å²) in [6.07, 6.45) is 3.00. The summed E-state index contributed by atoms with van der Waals surface area (Å²) in [5, 5.41) is 2.90. The molecule has 0 spiro atoms. The Labute approximate surface area is 80.1 Å². The van der Waals surface area contributed by atoms with Crippen LogP contribution < -0.4 is 11.1 Å². The third-order valence-electron chi connectivity index (χ3n) is 2.75. The predicted octanol–water partition coefficient (Wildman–Crippen LogP) is 0.886. The van der Waals surface area contributed by atoms with Crippen molar-refractivity contribution in [2.45, 2.75) is 39.2 Å². The lowest BCUT2D eigenvalue weighted by Crippen LogP contribution is -2.41. The van der Waals surface area contributed by atoms with Gasteiger partial charge in [0.2, 0.25) is 5.91 Å². The fraction of sp³-hybridized carbons (Fsp3) is 0.900. The van der Waals surface area contributed by atoms with Gasteiger partial charge in [-0.2, -0.15) is 0 Å². The van der Waals surface area contributed by atoms with Gasteiger partial charge in [-0.25, -0.2) is 0 Å². The second-order valence-electron chi connectivity index (χ2n) is 4.11. The summed E-state index contributed by atoms with van der Waals surface area (Å²) in [4.78, 5) is 11.3. The summed E-state index contributed by atoms with van der Waals surface area (Å²) >= 11 is 0. The maximum atomic E-state index is 11.3. The number of rotatable bonds is 5. The van der Waals surface area contributed by atoms with E-state index in [1.807, 2.05) is 6.92 Å². The summed E-state index contributed by atoms with van der Waals surface area (Å²) in [5.41, 5.74) is 5.66. The van der Waals surface area contributed by atoms with Crippen molar-refractivity contribution in [3.05, 3.63) is 0 Å². The Balaban J connectivity index is 2.09. The SMILES string of the molecule is CCCC(N)C(=O)NCC1CC1C. The third-order valence-corrected chi connectivity index (χ3v) is 2.75. The lowest BCUT2D eigenvalue weighted by molar-refractivity contribution is -0.122. The number of amides is 1. The minimum Gasteiger partial charge on any atom is -0.354 e. The van der Waals surface area contributed by atoms with Crippen molar-refractivity contribution >= 4 is 5.91 Å². The van der Waals surface area contributed by atoms with E-state index in [1.54, 1.807) is 0 Å². The highest BCUT2D eigenvalue weighted by atomic mass is 16.2. The molecule has 1 aliphatic carbocycles. The number of hydrogen-bond donors (Lipinski definition) is 2. The van der Waals surface area contributed by atoms with Gasteiger partial charge in [0.05, 0.1) is 6.04 Å². The molecule has 0 bridgehead atoms. The zero-order chi connectivity index (χ0) is 9.84. The quantitative estimate of drug-likeness (QED) is 0.666. The molecule has 13 heavy (non-hydrogen) atoms. The maximum Gasteiger partial charge on any atom is 0.236 e. The van der Waals surface area contributed by atoms with Gasteiger partial charge >= 0.3 is 0 Å². The monoisotopic (exact) mass is 184 g/mol. The predicted molar refractivity (Wildman–Crippen MR) is 53.2 cm³/mol. The first-order chi connectivity index (χ1) is 6.15. The van der Waals surface area contributed by atoms with Crippen molar-refractivity contribution in [1.29, 1.82) is 0 Å². The summed E-state index contributed by atoms with van der Waals surface area (Å²) < 4.78 is 0. The largest absolute Gasteiger partial charge is 0.354 e. The molecule has 0 saturated heterocycles. The molecule has 3 nitrogen and oxygen atoms in total. The van der Waals surface area contributed by atoms with E-state index in [1.165, 1.54) is 6.42 Å². The molecule has 1 saturated carbocycles. The standard InChI is InChI=1S/C10H20N2O/c1-3-4-9(11)10(13)12-6-8-5-7(8)2/h7-9H,3-6,11H2,1-2H3,(H,12,13). The molecule has 1 rings (SSSR count). The second kappa shape index (κ2) is 4.61. The molecule has 3 atom stereocenters. The van der Waals surface area contributed by atoms with Gasteiger partial charge in [-0.3, -0.25) is 4.79 Å². The number of nitrogens with two attached hydrogens (primary N) is 1. The molecule has 3 N–H and O–H groups in total. The first-order valence-corrected chi connectivity index (χ1v) is 5.18. The van der Waals surface area contributed by atoms with Crippen molar-refractivity contribution in [3.63, 3.8) is 0 Å². The number of nitrogens with one attached hydrogen (secondary N) is 1. The van der Waals surface area contributed by atoms with Gasteiger partial charge in [0.1, 0.15) is 0 Å². The van der Waals surface area contributed by atoms with E-state index < -0.39 is 0 Å². The van der Waals surface area contributed by atoms with Crippen LogP contribution in [-0.4, -0.2) is 18.5 Å². The van der Waals surface area contributed by atoms with Crippen LogP contribution in [0.4, 0.5) is 0 Å². The van der Waals surface area contributed by atoms with Gasteiger partial charge in [-0.1, -0.05) is 20.3 Å². The topological polar surface area (TPSA) is 55.1 Å². The summed E-state index contributed by atoms with van der Waals surface area (Å²) in [5.74, 6) is 1.52. The summed E-state index contributed by atoms with van der Waals surface area (Å²) in [7, 11) is 0. The molecule has 0 aromatic carbocycles. The van der Waals surface area contributed by atoms with Crippen molar-refractivity contribution in [2.24, 2.45) is 17.6 Å². The highest BCUT2D eigenvalue weighted by Crippen LogP contribution is 2.36. The number of carbonyl (C=O) groups is 1. The molecule has 1 aliphatic rings. The Bertz CT molecular complexity index is 182. The van der Waals surface area contributed by atoms with Crippen LogP contribution in [0.3, 0.4) is 0 Å². The van der Waals surface area contributed by atoms with Gasteiger partial charge in [-0.15, -0.1) is 0 Å². The van der Waals surface area contributed by atoms with Crippen molar-refractivity contribution in [2.75, 3.05) is 6.54 Å². The Hall–Kier alpha value is -0.570. The fourth-order valence-electron chi connectivity index (χ4n) is 1.49. The van der Waals surface area contributed by atoms with E-state index in [2.05, 4.69) is 12.2 Å². The van der Waals surface area contributed by atoms with E-state index in [4.69, 9.17) is 5.73 Å². The van der Waals surface area contributed by atoms with E-state index >= 15 is 0 Å². The van der Waals surface area contributed by atoms with Gasteiger partial charge in [0.25, 0.3) is 0 Å². The molecule has 0 aliphatic heterocycles. The van der Waals surface area contributed by atoms with Crippen molar-refractivity contribution in [1.82, 2.24) is 5.32 Å². The lowest BCUT2D eigenvalue weighted by atomic mass is 10.1. The zero-order valence-electron chi connectivity index (χ0n) is 8.55. The van der Waals surface area contributed by atoms with E-state index in [0.29, 0.717) is 5.92 Å². The Morgan fingerprint density at radius 3 is 2.77 bits per heavy atom. The van der Waals surface area contributed by atoms with Crippen LogP contribution in [0, 0.1) is 11.8 Å². The van der Waals surface area contributed by atoms with Gasteiger partial charge in [0, 0.05) is 6.54 Å². The van der Waals surface area contributed by atoms with E-state index in [0.717, 1.165) is 25.3 Å². The minimum atomic E-state index is -0.306. The molecule has 3 unspecified atom stereocenters. The van der Waals surface area contributed by atoms with Crippen LogP contribution in [-0.2, 0) is 4.79 Å². The average Bonchev–Trinajstić information content (AvgIpc) is 2.78. The second-order valence-corrected chi connectivity index (χ2v) is 4.11. The van der Waals surface area contributed by atoms with Crippen LogP contribution >= 0.6 is 0 Å². The molecule has 0 aromatic rings. The first kappa shape index (κ1) is 10.5. The summed E-state index contributed by atoms with van der Waals surface area (Å²) in [6.45, 7) is 5.07. The third kappa shape index (κ3) is 3.35. The van der Waals surface area contributed by atoms with Crippen LogP contribution in [0.5, 0.6) is 0 Å². The smallest absolute Gasteiger partial charge is 0.236 e. The number of hydrogen-bond acceptors (Lipinski definition) is 2. The maximum absolute atomic E-state index is 11.3. The van der Waals surface area contributed by atoms with Crippen molar-refractivity contribution < 1.29 is 4.79 Å². The average molecular weight is 184 g/mol. The molecule has 0 radical (unpaired) electrons. The van der Waals surface area contributed by atoms with Gasteiger partial charge in [0.15, 0.2) is 0 Å². The molecular weight excluding hydrogens is 164 g/mol. The molecule has 0 aromatic heterocycles. The van der Waals surface area contributed by atoms with E-state index in [-0.39, 0.29) is 11.9 Å². The van der Waals surface area contributed by atoms with Crippen LogP contribution in [0.1, 0.15) is 33.1 Å². The Morgan fingerprint density at radius 1 is 1.69 bits per heavy atom. The van der Waals surface area contributed by atoms with Crippen LogP contribution in [0.2, 0.25) is 0 Å². The first-order valence-electron chi connectivity index (χ1n) is 5.18. The summed E-state index contributed by atoms with van der Waals surface area (Å²) in [6, 6.07) is -0.306. The molecule has 76 valence electrons. The number of carbonyl (C=O) groups excluding carboxylic acids is 1. The molecule has 1 fully saturated rings. The van der Waals surface area contributed by atoms with Crippen LogP contribution in [0.25, 0.3) is 0 Å². The van der Waals surface area contributed by atoms with Crippen LogP contribution in [0.15, 0.2) is 0 Å². The molecule has 1 amide bonds. The lowest BCUT2D eigenvalue weighted by Gasteiger charge is -2.10. The molecule has 0 heterocycles. The van der Waals surface area contributed by atoms with E-state index in [9.17, 15) is 4.79 Å². The van der Waals surface area contributed by atoms with Gasteiger partial charge in [-0.05, 0) is 24.7 Å². The Morgan fingerprint density at radius 2 is 2.31 bits per heavy atom. The zero-order valence-corrected chi connectivity index (χ0v) is 8.55. The normalized spacial score (nSPS) is 28.2. The fourth-order valence-corrected chi connectivity index (χ4v) is 1.49. The highest BCUT2D eigenvalue weighted by Gasteiger charge is 2.32. The molecule has 3 heteroatoms. The Kier molecular flexibility index (Phi) is 3.72. The molecular formula is C10H20N2O. The minimum absolute atomic E-state index is 0.0148. The van der Waals surface area contributed by atoms with Gasteiger partial charge < -0.3 is 11.1 Å². The van der Waals surface area contributed by atoms with Crippen molar-refractivity contribution in [3.8, 4) is 0 Å².